The van der Waals surface area contributed by atoms with E-state index in [9.17, 15) is 18.0 Å². The van der Waals surface area contributed by atoms with Gasteiger partial charge in [-0.3, -0.25) is 4.79 Å². The van der Waals surface area contributed by atoms with Gasteiger partial charge < -0.3 is 9.64 Å². The summed E-state index contributed by atoms with van der Waals surface area (Å²) in [5, 5.41) is 0. The lowest BCUT2D eigenvalue weighted by atomic mass is 10.00. The van der Waals surface area contributed by atoms with Crippen molar-refractivity contribution >= 4 is 21.9 Å². The quantitative estimate of drug-likeness (QED) is 0.658. The number of ether oxygens (including phenoxy) is 1. The minimum atomic E-state index is -3.63. The molecule has 8 heteroatoms. The molecular weight excluding hydrogens is 392 g/mol. The highest BCUT2D eigenvalue weighted by Crippen LogP contribution is 2.22. The Balaban J connectivity index is 1.64. The molecule has 2 fully saturated rings. The van der Waals surface area contributed by atoms with Crippen LogP contribution >= 0.6 is 0 Å². The van der Waals surface area contributed by atoms with Crippen molar-refractivity contribution in [3.63, 3.8) is 0 Å². The number of carbonyl (C=O) groups is 2. The van der Waals surface area contributed by atoms with E-state index in [1.807, 2.05) is 0 Å². The molecule has 2 aliphatic rings. The van der Waals surface area contributed by atoms with Gasteiger partial charge in [-0.1, -0.05) is 19.4 Å². The molecule has 0 aliphatic carbocycles. The molecule has 0 radical (unpaired) electrons. The van der Waals surface area contributed by atoms with E-state index in [1.54, 1.807) is 4.90 Å². The topological polar surface area (TPSA) is 84.0 Å². The van der Waals surface area contributed by atoms with Gasteiger partial charge in [0.1, 0.15) is 0 Å². The second kappa shape index (κ2) is 9.71. The fourth-order valence-corrected chi connectivity index (χ4v) is 5.65. The number of hydrogen-bond donors (Lipinski definition) is 0. The summed E-state index contributed by atoms with van der Waals surface area (Å²) in [4.78, 5) is 26.8. The highest BCUT2D eigenvalue weighted by Gasteiger charge is 2.28. The van der Waals surface area contributed by atoms with Gasteiger partial charge in [0.15, 0.2) is 6.61 Å². The summed E-state index contributed by atoms with van der Waals surface area (Å²) < 4.78 is 32.3. The van der Waals surface area contributed by atoms with Crippen molar-refractivity contribution in [3.8, 4) is 0 Å². The molecule has 0 saturated carbocycles. The summed E-state index contributed by atoms with van der Waals surface area (Å²) in [7, 11) is -3.63. The van der Waals surface area contributed by atoms with Crippen LogP contribution in [-0.2, 0) is 19.6 Å². The number of rotatable bonds is 6. The van der Waals surface area contributed by atoms with Gasteiger partial charge in [0.05, 0.1) is 10.5 Å². The Bertz CT molecular complexity index is 833. The van der Waals surface area contributed by atoms with Crippen LogP contribution in [0, 0.1) is 0 Å². The number of likely N-dealkylation sites (tertiary alicyclic amines) is 1. The Morgan fingerprint density at radius 1 is 1.07 bits per heavy atom. The van der Waals surface area contributed by atoms with Gasteiger partial charge in [0.2, 0.25) is 10.0 Å². The van der Waals surface area contributed by atoms with Crippen LogP contribution in [0.15, 0.2) is 29.2 Å². The van der Waals surface area contributed by atoms with Gasteiger partial charge in [-0.15, -0.1) is 0 Å². The highest BCUT2D eigenvalue weighted by molar-refractivity contribution is 7.89. The van der Waals surface area contributed by atoms with E-state index in [0.717, 1.165) is 44.9 Å². The van der Waals surface area contributed by atoms with E-state index in [2.05, 4.69) is 6.92 Å². The minimum Gasteiger partial charge on any atom is -0.452 e. The van der Waals surface area contributed by atoms with Crippen molar-refractivity contribution in [3.05, 3.63) is 29.8 Å². The lowest BCUT2D eigenvalue weighted by Crippen LogP contribution is -2.45. The van der Waals surface area contributed by atoms with Crippen LogP contribution in [0.1, 0.15) is 62.2 Å². The maximum Gasteiger partial charge on any atom is 0.338 e. The first-order chi connectivity index (χ1) is 13.9. The van der Waals surface area contributed by atoms with Crippen LogP contribution in [0.4, 0.5) is 0 Å². The Labute approximate surface area is 173 Å². The standard InChI is InChI=1S/C21H30N2O5S/c1-2-18-10-4-7-14-23(18)20(24)16-28-21(25)17-9-8-11-19(15-17)29(26,27)22-12-5-3-6-13-22/h8-9,11,15,18H,2-7,10,12-14,16H2,1H3/t18-/m1/s1. The van der Waals surface area contributed by atoms with Gasteiger partial charge in [-0.2, -0.15) is 4.31 Å². The predicted octanol–water partition coefficient (Wildman–Crippen LogP) is 2.81. The molecule has 160 valence electrons. The van der Waals surface area contributed by atoms with Crippen molar-refractivity contribution in [2.24, 2.45) is 0 Å². The maximum absolute atomic E-state index is 12.8. The maximum atomic E-state index is 12.8. The minimum absolute atomic E-state index is 0.0854. The number of piperidine rings is 2. The van der Waals surface area contributed by atoms with E-state index in [1.165, 1.54) is 28.6 Å². The van der Waals surface area contributed by atoms with Crippen molar-refractivity contribution in [2.75, 3.05) is 26.2 Å². The molecule has 1 amide bonds. The van der Waals surface area contributed by atoms with Gasteiger partial charge >= 0.3 is 5.97 Å². The number of benzene rings is 1. The molecule has 0 bridgehead atoms. The molecule has 1 atom stereocenters. The Kier molecular flexibility index (Phi) is 7.29. The molecule has 0 spiro atoms. The number of nitrogens with zero attached hydrogens (tertiary/aromatic N) is 2. The zero-order valence-electron chi connectivity index (χ0n) is 17.0. The summed E-state index contributed by atoms with van der Waals surface area (Å²) >= 11 is 0. The number of hydrogen-bond acceptors (Lipinski definition) is 5. The van der Waals surface area contributed by atoms with Crippen molar-refractivity contribution in [2.45, 2.75) is 62.8 Å². The first kappa shape index (κ1) is 21.8. The summed E-state index contributed by atoms with van der Waals surface area (Å²) in [5.74, 6) is -0.874. The molecule has 0 N–H and O–H groups in total. The third-order valence-corrected chi connectivity index (χ3v) is 7.66. The van der Waals surface area contributed by atoms with E-state index in [-0.39, 0.29) is 29.0 Å². The first-order valence-electron chi connectivity index (χ1n) is 10.5. The lowest BCUT2D eigenvalue weighted by molar-refractivity contribution is -0.138. The van der Waals surface area contributed by atoms with Crippen LogP contribution in [0.25, 0.3) is 0 Å². The first-order valence-corrected chi connectivity index (χ1v) is 11.9. The second-order valence-electron chi connectivity index (χ2n) is 7.71. The second-order valence-corrected chi connectivity index (χ2v) is 9.65. The predicted molar refractivity (Wildman–Crippen MR) is 109 cm³/mol. The van der Waals surface area contributed by atoms with E-state index >= 15 is 0 Å². The number of sulfonamides is 1. The average Bonchev–Trinajstić information content (AvgIpc) is 2.77. The molecule has 7 nitrogen and oxygen atoms in total. The van der Waals surface area contributed by atoms with Crippen LogP contribution in [0.3, 0.4) is 0 Å². The van der Waals surface area contributed by atoms with Crippen LogP contribution in [-0.4, -0.2) is 61.8 Å². The molecule has 0 aromatic heterocycles. The largest absolute Gasteiger partial charge is 0.452 e. The molecule has 29 heavy (non-hydrogen) atoms. The normalized spacial score (nSPS) is 21.0. The van der Waals surface area contributed by atoms with Crippen LogP contribution in [0.2, 0.25) is 0 Å². The summed E-state index contributed by atoms with van der Waals surface area (Å²) in [6.07, 6.45) is 6.66. The molecule has 1 aromatic carbocycles. The SMILES string of the molecule is CC[C@@H]1CCCCN1C(=O)COC(=O)c1cccc(S(=O)(=O)N2CCCCC2)c1. The highest BCUT2D eigenvalue weighted by atomic mass is 32.2. The number of esters is 1. The van der Waals surface area contributed by atoms with Gasteiger partial charge in [0, 0.05) is 25.7 Å². The van der Waals surface area contributed by atoms with Gasteiger partial charge in [-0.05, 0) is 56.7 Å². The Hall–Kier alpha value is -1.93. The molecule has 1 aromatic rings. The van der Waals surface area contributed by atoms with Gasteiger partial charge in [-0.25, -0.2) is 13.2 Å². The molecule has 2 aliphatic heterocycles. The Morgan fingerprint density at radius 2 is 1.79 bits per heavy atom. The molecule has 2 saturated heterocycles. The summed E-state index contributed by atoms with van der Waals surface area (Å²) in [5.41, 5.74) is 0.140. The Morgan fingerprint density at radius 3 is 2.52 bits per heavy atom. The zero-order chi connectivity index (χ0) is 20.9. The zero-order valence-corrected chi connectivity index (χ0v) is 17.8. The molecule has 3 rings (SSSR count). The van der Waals surface area contributed by atoms with Crippen LogP contribution < -0.4 is 0 Å². The molecule has 0 unspecified atom stereocenters. The number of amides is 1. The molecule has 2 heterocycles. The fraction of sp³-hybridized carbons (Fsp3) is 0.619. The van der Waals surface area contributed by atoms with Gasteiger partial charge in [0.25, 0.3) is 5.91 Å². The van der Waals surface area contributed by atoms with Crippen molar-refractivity contribution in [1.82, 2.24) is 9.21 Å². The smallest absolute Gasteiger partial charge is 0.338 e. The monoisotopic (exact) mass is 422 g/mol. The lowest BCUT2D eigenvalue weighted by Gasteiger charge is -2.35. The van der Waals surface area contributed by atoms with Crippen molar-refractivity contribution in [1.29, 1.82) is 0 Å². The van der Waals surface area contributed by atoms with E-state index < -0.39 is 16.0 Å². The van der Waals surface area contributed by atoms with Crippen LogP contribution in [0.5, 0.6) is 0 Å². The fourth-order valence-electron chi connectivity index (χ4n) is 4.08. The summed E-state index contributed by atoms with van der Waals surface area (Å²) in [6.45, 7) is 3.42. The van der Waals surface area contributed by atoms with Crippen molar-refractivity contribution < 1.29 is 22.7 Å². The third kappa shape index (κ3) is 5.17. The average molecular weight is 423 g/mol. The number of carbonyl (C=O) groups excluding carboxylic acids is 2. The van der Waals surface area contributed by atoms with E-state index in [0.29, 0.717) is 19.6 Å². The summed E-state index contributed by atoms with van der Waals surface area (Å²) in [6, 6.07) is 6.08. The third-order valence-electron chi connectivity index (χ3n) is 5.77. The molecular formula is C21H30N2O5S. The van der Waals surface area contributed by atoms with E-state index in [4.69, 9.17) is 4.74 Å².